The SMILES string of the molecule is NC(=O)CC1CCN(Cc2ccc(Cl)s2)CC1. The lowest BCUT2D eigenvalue weighted by molar-refractivity contribution is -0.119. The second-order valence-corrected chi connectivity index (χ2v) is 6.40. The van der Waals surface area contributed by atoms with Crippen LogP contribution in [0, 0.1) is 5.92 Å². The summed E-state index contributed by atoms with van der Waals surface area (Å²) in [4.78, 5) is 14.6. The van der Waals surface area contributed by atoms with E-state index in [4.69, 9.17) is 17.3 Å². The summed E-state index contributed by atoms with van der Waals surface area (Å²) in [6.45, 7) is 3.07. The van der Waals surface area contributed by atoms with Crippen molar-refractivity contribution in [3.63, 3.8) is 0 Å². The van der Waals surface area contributed by atoms with Crippen molar-refractivity contribution in [1.82, 2.24) is 4.90 Å². The molecule has 2 rings (SSSR count). The van der Waals surface area contributed by atoms with E-state index in [2.05, 4.69) is 11.0 Å². The summed E-state index contributed by atoms with van der Waals surface area (Å²) in [5.41, 5.74) is 5.22. The largest absolute Gasteiger partial charge is 0.370 e. The third-order valence-electron chi connectivity index (χ3n) is 3.21. The number of primary amides is 1. The fraction of sp³-hybridized carbons (Fsp3) is 0.583. The van der Waals surface area contributed by atoms with Crippen molar-refractivity contribution in [3.05, 3.63) is 21.3 Å². The molecule has 0 aromatic carbocycles. The zero-order valence-electron chi connectivity index (χ0n) is 9.69. The Morgan fingerprint density at radius 1 is 1.47 bits per heavy atom. The average molecular weight is 273 g/mol. The summed E-state index contributed by atoms with van der Waals surface area (Å²) in [5, 5.41) is 0. The van der Waals surface area contributed by atoms with Gasteiger partial charge >= 0.3 is 0 Å². The number of amides is 1. The maximum atomic E-state index is 10.8. The number of hydrogen-bond acceptors (Lipinski definition) is 3. The monoisotopic (exact) mass is 272 g/mol. The van der Waals surface area contributed by atoms with Gasteiger partial charge in [0.1, 0.15) is 0 Å². The molecule has 5 heteroatoms. The maximum Gasteiger partial charge on any atom is 0.217 e. The molecule has 2 N–H and O–H groups in total. The van der Waals surface area contributed by atoms with Crippen LogP contribution < -0.4 is 5.73 Å². The number of nitrogens with zero attached hydrogens (tertiary/aromatic N) is 1. The molecule has 0 spiro atoms. The Morgan fingerprint density at radius 3 is 2.71 bits per heavy atom. The first-order chi connectivity index (χ1) is 8.13. The molecule has 0 unspecified atom stereocenters. The van der Waals surface area contributed by atoms with Gasteiger partial charge in [0.15, 0.2) is 0 Å². The van der Waals surface area contributed by atoms with Gasteiger partial charge < -0.3 is 5.73 Å². The topological polar surface area (TPSA) is 46.3 Å². The van der Waals surface area contributed by atoms with E-state index in [1.807, 2.05) is 6.07 Å². The number of thiophene rings is 1. The minimum atomic E-state index is -0.173. The highest BCUT2D eigenvalue weighted by molar-refractivity contribution is 7.16. The van der Waals surface area contributed by atoms with E-state index in [-0.39, 0.29) is 5.91 Å². The normalized spacial score (nSPS) is 18.4. The molecule has 1 amide bonds. The second-order valence-electron chi connectivity index (χ2n) is 4.60. The van der Waals surface area contributed by atoms with Crippen LogP contribution in [-0.4, -0.2) is 23.9 Å². The Morgan fingerprint density at radius 2 is 2.18 bits per heavy atom. The van der Waals surface area contributed by atoms with Crippen molar-refractivity contribution in [1.29, 1.82) is 0 Å². The van der Waals surface area contributed by atoms with Gasteiger partial charge in [-0.1, -0.05) is 11.6 Å². The zero-order valence-corrected chi connectivity index (χ0v) is 11.3. The Hall–Kier alpha value is -0.580. The Kier molecular flexibility index (Phi) is 4.42. The molecule has 0 bridgehead atoms. The molecule has 1 aromatic rings. The minimum absolute atomic E-state index is 0.173. The molecule has 1 saturated heterocycles. The first kappa shape index (κ1) is 12.9. The van der Waals surface area contributed by atoms with Gasteiger partial charge in [0.2, 0.25) is 5.91 Å². The van der Waals surface area contributed by atoms with Gasteiger partial charge in [-0.3, -0.25) is 9.69 Å². The summed E-state index contributed by atoms with van der Waals surface area (Å²) >= 11 is 7.55. The molecule has 1 aromatic heterocycles. The van der Waals surface area contributed by atoms with Crippen LogP contribution in [0.3, 0.4) is 0 Å². The van der Waals surface area contributed by atoms with Gasteiger partial charge in [-0.15, -0.1) is 11.3 Å². The lowest BCUT2D eigenvalue weighted by atomic mass is 9.93. The van der Waals surface area contributed by atoms with Crippen LogP contribution in [0.4, 0.5) is 0 Å². The van der Waals surface area contributed by atoms with Gasteiger partial charge in [-0.25, -0.2) is 0 Å². The van der Waals surface area contributed by atoms with Gasteiger partial charge in [-0.05, 0) is 44.0 Å². The van der Waals surface area contributed by atoms with Crippen molar-refractivity contribution in [2.24, 2.45) is 11.7 Å². The predicted octanol–water partition coefficient (Wildman–Crippen LogP) is 2.49. The highest BCUT2D eigenvalue weighted by Crippen LogP contribution is 2.25. The standard InChI is InChI=1S/C12H17ClN2OS/c13-11-2-1-10(17-11)8-15-5-3-9(4-6-15)7-12(14)16/h1-2,9H,3-8H2,(H2,14,16). The summed E-state index contributed by atoms with van der Waals surface area (Å²) in [6.07, 6.45) is 2.68. The maximum absolute atomic E-state index is 10.8. The van der Waals surface area contributed by atoms with Crippen molar-refractivity contribution in [2.45, 2.75) is 25.8 Å². The van der Waals surface area contributed by atoms with Crippen LogP contribution in [0.2, 0.25) is 4.34 Å². The molecule has 2 heterocycles. The van der Waals surface area contributed by atoms with Crippen LogP contribution in [-0.2, 0) is 11.3 Å². The van der Waals surface area contributed by atoms with Crippen molar-refractivity contribution in [3.8, 4) is 0 Å². The number of nitrogens with two attached hydrogens (primary N) is 1. The molecule has 0 aliphatic carbocycles. The van der Waals surface area contributed by atoms with Crippen LogP contribution >= 0.6 is 22.9 Å². The molecular weight excluding hydrogens is 256 g/mol. The van der Waals surface area contributed by atoms with E-state index < -0.39 is 0 Å². The van der Waals surface area contributed by atoms with E-state index in [0.29, 0.717) is 12.3 Å². The molecule has 1 aliphatic heterocycles. The molecule has 94 valence electrons. The number of piperidine rings is 1. The molecule has 0 atom stereocenters. The van der Waals surface area contributed by atoms with Crippen molar-refractivity contribution < 1.29 is 4.79 Å². The summed E-state index contributed by atoms with van der Waals surface area (Å²) in [7, 11) is 0. The molecule has 0 saturated carbocycles. The highest BCUT2D eigenvalue weighted by Gasteiger charge is 2.20. The number of carbonyl (C=O) groups is 1. The molecule has 0 radical (unpaired) electrons. The summed E-state index contributed by atoms with van der Waals surface area (Å²) < 4.78 is 0.851. The van der Waals surface area contributed by atoms with Crippen LogP contribution in [0.5, 0.6) is 0 Å². The van der Waals surface area contributed by atoms with Crippen LogP contribution in [0.1, 0.15) is 24.1 Å². The van der Waals surface area contributed by atoms with E-state index in [9.17, 15) is 4.79 Å². The molecule has 1 aliphatic rings. The zero-order chi connectivity index (χ0) is 12.3. The average Bonchev–Trinajstić information content (AvgIpc) is 2.66. The van der Waals surface area contributed by atoms with E-state index in [1.165, 1.54) is 4.88 Å². The fourth-order valence-corrected chi connectivity index (χ4v) is 3.42. The molecule has 17 heavy (non-hydrogen) atoms. The minimum Gasteiger partial charge on any atom is -0.370 e. The summed E-state index contributed by atoms with van der Waals surface area (Å²) in [6, 6.07) is 4.03. The Labute approximate surface area is 111 Å². The quantitative estimate of drug-likeness (QED) is 0.915. The number of likely N-dealkylation sites (tertiary alicyclic amines) is 1. The molecule has 3 nitrogen and oxygen atoms in total. The Bertz CT molecular complexity index is 386. The fourth-order valence-electron chi connectivity index (χ4n) is 2.29. The number of hydrogen-bond donors (Lipinski definition) is 1. The third-order valence-corrected chi connectivity index (χ3v) is 4.42. The molecule has 1 fully saturated rings. The van der Waals surface area contributed by atoms with E-state index in [0.717, 1.165) is 36.8 Å². The van der Waals surface area contributed by atoms with Crippen LogP contribution in [0.25, 0.3) is 0 Å². The number of halogens is 1. The van der Waals surface area contributed by atoms with Crippen molar-refractivity contribution in [2.75, 3.05) is 13.1 Å². The third kappa shape index (κ3) is 3.98. The van der Waals surface area contributed by atoms with Gasteiger partial charge in [0.05, 0.1) is 4.34 Å². The highest BCUT2D eigenvalue weighted by atomic mass is 35.5. The lowest BCUT2D eigenvalue weighted by Gasteiger charge is -2.31. The number of carbonyl (C=O) groups excluding carboxylic acids is 1. The molecular formula is C12H17ClN2OS. The van der Waals surface area contributed by atoms with Gasteiger partial charge in [-0.2, -0.15) is 0 Å². The van der Waals surface area contributed by atoms with Crippen molar-refractivity contribution >= 4 is 28.8 Å². The van der Waals surface area contributed by atoms with Gasteiger partial charge in [0.25, 0.3) is 0 Å². The predicted molar refractivity (Wildman–Crippen MR) is 71.1 cm³/mol. The second kappa shape index (κ2) is 5.85. The Balaban J connectivity index is 1.77. The van der Waals surface area contributed by atoms with Gasteiger partial charge in [0, 0.05) is 17.8 Å². The lowest BCUT2D eigenvalue weighted by Crippen LogP contribution is -2.34. The van der Waals surface area contributed by atoms with E-state index >= 15 is 0 Å². The first-order valence-corrected chi connectivity index (χ1v) is 7.08. The van der Waals surface area contributed by atoms with Crippen LogP contribution in [0.15, 0.2) is 12.1 Å². The number of rotatable bonds is 4. The van der Waals surface area contributed by atoms with E-state index in [1.54, 1.807) is 11.3 Å². The first-order valence-electron chi connectivity index (χ1n) is 5.88. The smallest absolute Gasteiger partial charge is 0.217 e. The summed E-state index contributed by atoms with van der Waals surface area (Å²) in [5.74, 6) is 0.309.